The number of esters is 1. The summed E-state index contributed by atoms with van der Waals surface area (Å²) in [5.74, 6) is 0.241. The van der Waals surface area contributed by atoms with E-state index >= 15 is 0 Å². The molecule has 1 fully saturated rings. The summed E-state index contributed by atoms with van der Waals surface area (Å²) in [6.45, 7) is 7.80. The molecule has 1 heterocycles. The average Bonchev–Trinajstić information content (AvgIpc) is 2.47. The first-order valence-electron chi connectivity index (χ1n) is 7.72. The monoisotopic (exact) mass is 281 g/mol. The van der Waals surface area contributed by atoms with Gasteiger partial charge >= 0.3 is 5.97 Å². The van der Waals surface area contributed by atoms with Crippen LogP contribution in [0, 0.1) is 17.2 Å². The van der Waals surface area contributed by atoms with Crippen LogP contribution in [0.4, 0.5) is 0 Å². The molecule has 0 spiro atoms. The predicted octanol–water partition coefficient (Wildman–Crippen LogP) is 1.54. The molecule has 1 atom stereocenters. The van der Waals surface area contributed by atoms with Crippen LogP contribution in [0.15, 0.2) is 0 Å². The number of carbonyl (C=O) groups is 1. The topological polar surface area (TPSA) is 65.4 Å². The maximum atomic E-state index is 11.5. The molecule has 0 saturated carbocycles. The van der Waals surface area contributed by atoms with E-state index < -0.39 is 0 Å². The van der Waals surface area contributed by atoms with Gasteiger partial charge in [0.2, 0.25) is 0 Å². The van der Waals surface area contributed by atoms with Crippen molar-refractivity contribution in [2.45, 2.75) is 45.6 Å². The number of hydrogen-bond acceptors (Lipinski definition) is 5. The number of nitriles is 1. The van der Waals surface area contributed by atoms with Crippen molar-refractivity contribution in [2.24, 2.45) is 5.92 Å². The summed E-state index contributed by atoms with van der Waals surface area (Å²) in [6.07, 6.45) is 3.44. The fourth-order valence-corrected chi connectivity index (χ4v) is 2.79. The summed E-state index contributed by atoms with van der Waals surface area (Å²) >= 11 is 0. The Morgan fingerprint density at radius 2 is 2.10 bits per heavy atom. The number of ether oxygens (including phenoxy) is 1. The Morgan fingerprint density at radius 1 is 1.40 bits per heavy atom. The Hall–Kier alpha value is -1.12. The molecule has 1 unspecified atom stereocenters. The van der Waals surface area contributed by atoms with Crippen molar-refractivity contribution >= 4 is 5.97 Å². The van der Waals surface area contributed by atoms with E-state index in [9.17, 15) is 10.1 Å². The lowest BCUT2D eigenvalue weighted by Gasteiger charge is -2.34. The number of nitrogens with zero attached hydrogens (tertiary/aromatic N) is 2. The van der Waals surface area contributed by atoms with Gasteiger partial charge in [0.25, 0.3) is 0 Å². The third kappa shape index (κ3) is 5.48. The minimum absolute atomic E-state index is 0.0773. The van der Waals surface area contributed by atoms with Gasteiger partial charge < -0.3 is 10.1 Å². The number of nitrogens with one attached hydrogen (secondary N) is 1. The average molecular weight is 281 g/mol. The molecule has 20 heavy (non-hydrogen) atoms. The van der Waals surface area contributed by atoms with E-state index in [1.807, 2.05) is 6.92 Å². The lowest BCUT2D eigenvalue weighted by atomic mass is 9.89. The van der Waals surface area contributed by atoms with E-state index in [0.717, 1.165) is 38.9 Å². The van der Waals surface area contributed by atoms with Crippen molar-refractivity contribution < 1.29 is 9.53 Å². The van der Waals surface area contributed by atoms with E-state index in [-0.39, 0.29) is 12.0 Å². The smallest absolute Gasteiger partial charge is 0.307 e. The molecule has 0 aromatic rings. The summed E-state index contributed by atoms with van der Waals surface area (Å²) < 4.78 is 4.97. The van der Waals surface area contributed by atoms with Gasteiger partial charge in [-0.15, -0.1) is 0 Å². The normalized spacial score (nSPS) is 17.7. The van der Waals surface area contributed by atoms with Crippen LogP contribution in [0.2, 0.25) is 0 Å². The third-order valence-electron chi connectivity index (χ3n) is 3.78. The highest BCUT2D eigenvalue weighted by atomic mass is 16.5. The van der Waals surface area contributed by atoms with Crippen LogP contribution in [0.5, 0.6) is 0 Å². The van der Waals surface area contributed by atoms with Crippen molar-refractivity contribution in [3.05, 3.63) is 0 Å². The molecule has 1 rings (SSSR count). The Kier molecular flexibility index (Phi) is 8.24. The molecule has 0 aromatic carbocycles. The lowest BCUT2D eigenvalue weighted by molar-refractivity contribution is -0.143. The van der Waals surface area contributed by atoms with Crippen LogP contribution in [0.1, 0.15) is 39.5 Å². The van der Waals surface area contributed by atoms with Crippen LogP contribution in [0.25, 0.3) is 0 Å². The van der Waals surface area contributed by atoms with Crippen molar-refractivity contribution in [3.63, 3.8) is 0 Å². The largest absolute Gasteiger partial charge is 0.466 e. The number of carbonyl (C=O) groups excluding carboxylic acids is 1. The standard InChI is InChI=1S/C15H27N3O2/c1-3-10-18(11-7-15(19)20-4-2)14(12-16)13-5-8-17-9-6-13/h13-14,17H,3-11H2,1-2H3. The molecule has 1 aliphatic heterocycles. The number of piperidine rings is 1. The fourth-order valence-electron chi connectivity index (χ4n) is 2.79. The van der Waals surface area contributed by atoms with Crippen LogP contribution in [0.3, 0.4) is 0 Å². The Bertz CT molecular complexity index is 322. The Labute approximate surface area is 122 Å². The van der Waals surface area contributed by atoms with E-state index in [2.05, 4.69) is 23.2 Å². The Balaban J connectivity index is 2.56. The van der Waals surface area contributed by atoms with Crippen molar-refractivity contribution in [3.8, 4) is 6.07 Å². The fraction of sp³-hybridized carbons (Fsp3) is 0.867. The first-order chi connectivity index (χ1) is 9.72. The van der Waals surface area contributed by atoms with E-state index in [4.69, 9.17) is 4.74 Å². The third-order valence-corrected chi connectivity index (χ3v) is 3.78. The molecule has 0 aromatic heterocycles. The lowest BCUT2D eigenvalue weighted by Crippen LogP contribution is -2.45. The first-order valence-corrected chi connectivity index (χ1v) is 7.72. The van der Waals surface area contributed by atoms with Gasteiger partial charge in [-0.3, -0.25) is 9.69 Å². The second-order valence-electron chi connectivity index (χ2n) is 5.25. The maximum absolute atomic E-state index is 11.5. The van der Waals surface area contributed by atoms with Gasteiger partial charge in [-0.2, -0.15) is 5.26 Å². The molecule has 1 aliphatic rings. The van der Waals surface area contributed by atoms with Crippen molar-refractivity contribution in [2.75, 3.05) is 32.8 Å². The van der Waals surface area contributed by atoms with Crippen LogP contribution in [-0.2, 0) is 9.53 Å². The second-order valence-corrected chi connectivity index (χ2v) is 5.25. The summed E-state index contributed by atoms with van der Waals surface area (Å²) in [4.78, 5) is 13.7. The molecular weight excluding hydrogens is 254 g/mol. The van der Waals surface area contributed by atoms with Gasteiger partial charge in [0.15, 0.2) is 0 Å². The van der Waals surface area contributed by atoms with Gasteiger partial charge in [0.1, 0.15) is 6.04 Å². The van der Waals surface area contributed by atoms with Gasteiger partial charge in [-0.25, -0.2) is 0 Å². The van der Waals surface area contributed by atoms with E-state index in [1.165, 1.54) is 0 Å². The zero-order chi connectivity index (χ0) is 14.8. The summed E-state index contributed by atoms with van der Waals surface area (Å²) in [5.41, 5.74) is 0. The van der Waals surface area contributed by atoms with Gasteiger partial charge in [0, 0.05) is 6.54 Å². The molecular formula is C15H27N3O2. The van der Waals surface area contributed by atoms with E-state index in [0.29, 0.717) is 25.5 Å². The van der Waals surface area contributed by atoms with Crippen LogP contribution < -0.4 is 5.32 Å². The zero-order valence-electron chi connectivity index (χ0n) is 12.7. The molecule has 0 bridgehead atoms. The molecule has 114 valence electrons. The number of rotatable bonds is 8. The summed E-state index contributed by atoms with van der Waals surface area (Å²) in [6, 6.07) is 2.38. The molecule has 0 aliphatic carbocycles. The number of hydrogen-bond donors (Lipinski definition) is 1. The SMILES string of the molecule is CCCN(CCC(=O)OCC)C(C#N)C1CCNCC1. The Morgan fingerprint density at radius 3 is 2.65 bits per heavy atom. The van der Waals surface area contributed by atoms with Crippen molar-refractivity contribution in [1.82, 2.24) is 10.2 Å². The summed E-state index contributed by atoms with van der Waals surface area (Å²) in [5, 5.41) is 12.8. The minimum Gasteiger partial charge on any atom is -0.466 e. The van der Waals surface area contributed by atoms with Gasteiger partial charge in [0.05, 0.1) is 19.1 Å². The van der Waals surface area contributed by atoms with Gasteiger partial charge in [-0.05, 0) is 51.7 Å². The maximum Gasteiger partial charge on any atom is 0.307 e. The minimum atomic E-state index is -0.171. The molecule has 0 amide bonds. The predicted molar refractivity (Wildman–Crippen MR) is 78.1 cm³/mol. The van der Waals surface area contributed by atoms with Gasteiger partial charge in [-0.1, -0.05) is 6.92 Å². The highest BCUT2D eigenvalue weighted by Gasteiger charge is 2.28. The van der Waals surface area contributed by atoms with Crippen LogP contribution >= 0.6 is 0 Å². The summed E-state index contributed by atoms with van der Waals surface area (Å²) in [7, 11) is 0. The molecule has 5 heteroatoms. The second kappa shape index (κ2) is 9.73. The molecule has 1 N–H and O–H groups in total. The molecule has 0 radical (unpaired) electrons. The quantitative estimate of drug-likeness (QED) is 0.684. The molecule has 5 nitrogen and oxygen atoms in total. The van der Waals surface area contributed by atoms with E-state index in [1.54, 1.807) is 0 Å². The molecule has 1 saturated heterocycles. The van der Waals surface area contributed by atoms with Crippen molar-refractivity contribution in [1.29, 1.82) is 5.26 Å². The highest BCUT2D eigenvalue weighted by Crippen LogP contribution is 2.21. The zero-order valence-corrected chi connectivity index (χ0v) is 12.7. The highest BCUT2D eigenvalue weighted by molar-refractivity contribution is 5.69. The first kappa shape index (κ1) is 16.9. The van der Waals surface area contributed by atoms with Crippen LogP contribution in [-0.4, -0.2) is 49.7 Å².